The molecular weight excluding hydrogens is 306 g/mol. The number of nitro groups is 1. The van der Waals surface area contributed by atoms with E-state index in [2.05, 4.69) is 0 Å². The quantitative estimate of drug-likeness (QED) is 0.574. The zero-order valence-electron chi connectivity index (χ0n) is 12.5. The second kappa shape index (κ2) is 6.59. The molecule has 9 heteroatoms. The Labute approximate surface area is 131 Å². The molecule has 1 unspecified atom stereocenters. The second-order valence-corrected chi connectivity index (χ2v) is 5.63. The molecule has 1 N–H and O–H groups in total. The van der Waals surface area contributed by atoms with Crippen LogP contribution in [0.4, 0.5) is 5.69 Å². The minimum absolute atomic E-state index is 0.0151. The number of carbonyl (C=O) groups excluding carboxylic acids is 1. The Kier molecular flexibility index (Phi) is 4.77. The highest BCUT2D eigenvalue weighted by Gasteiger charge is 2.34. The number of pyridine rings is 1. The van der Waals surface area contributed by atoms with Gasteiger partial charge in [0.1, 0.15) is 6.54 Å². The molecule has 1 heterocycles. The third kappa shape index (κ3) is 4.15. The van der Waals surface area contributed by atoms with Gasteiger partial charge in [0.2, 0.25) is 5.91 Å². The van der Waals surface area contributed by atoms with E-state index in [0.29, 0.717) is 0 Å². The molecule has 1 aliphatic rings. The highest BCUT2D eigenvalue weighted by molar-refractivity contribution is 5.78. The van der Waals surface area contributed by atoms with E-state index in [1.807, 2.05) is 0 Å². The van der Waals surface area contributed by atoms with Crippen LogP contribution >= 0.6 is 0 Å². The number of hydrogen-bond acceptors (Lipinski definition) is 5. The summed E-state index contributed by atoms with van der Waals surface area (Å²) in [6.45, 7) is 1.22. The van der Waals surface area contributed by atoms with Crippen molar-refractivity contribution in [3.8, 4) is 0 Å². The van der Waals surface area contributed by atoms with Gasteiger partial charge in [0.25, 0.3) is 11.2 Å². The third-order valence-corrected chi connectivity index (χ3v) is 3.68. The Morgan fingerprint density at radius 3 is 2.65 bits per heavy atom. The van der Waals surface area contributed by atoms with Crippen LogP contribution in [0.5, 0.6) is 0 Å². The van der Waals surface area contributed by atoms with Crippen molar-refractivity contribution in [3.05, 3.63) is 38.8 Å². The lowest BCUT2D eigenvalue weighted by molar-refractivity contribution is -0.385. The number of carbonyl (C=O) groups is 2. The van der Waals surface area contributed by atoms with Gasteiger partial charge in [0.15, 0.2) is 0 Å². The minimum Gasteiger partial charge on any atom is -0.481 e. The molecule has 1 amide bonds. The van der Waals surface area contributed by atoms with E-state index < -0.39 is 28.3 Å². The molecular formula is C14H17N3O6. The van der Waals surface area contributed by atoms with Crippen molar-refractivity contribution >= 4 is 17.6 Å². The standard InChI is InChI=1S/C14H17N3O6/c1-9(14(20)21)6-16(10-2-3-10)13(19)8-15-7-11(17(22)23)4-5-12(15)18/h4-5,7,9-10H,2-3,6,8H2,1H3,(H,20,21). The van der Waals surface area contributed by atoms with Crippen molar-refractivity contribution in [1.29, 1.82) is 0 Å². The van der Waals surface area contributed by atoms with E-state index in [1.165, 1.54) is 11.8 Å². The number of aromatic nitrogens is 1. The first-order valence-corrected chi connectivity index (χ1v) is 7.16. The summed E-state index contributed by atoms with van der Waals surface area (Å²) < 4.78 is 0.973. The minimum atomic E-state index is -1.00. The first-order chi connectivity index (χ1) is 10.8. The molecule has 0 radical (unpaired) electrons. The van der Waals surface area contributed by atoms with Gasteiger partial charge >= 0.3 is 5.97 Å². The topological polar surface area (TPSA) is 123 Å². The predicted molar refractivity (Wildman–Crippen MR) is 78.9 cm³/mol. The number of hydrogen-bond donors (Lipinski definition) is 1. The van der Waals surface area contributed by atoms with Crippen molar-refractivity contribution in [1.82, 2.24) is 9.47 Å². The zero-order chi connectivity index (χ0) is 17.1. The fourth-order valence-corrected chi connectivity index (χ4v) is 2.20. The molecule has 9 nitrogen and oxygen atoms in total. The molecule has 2 rings (SSSR count). The molecule has 1 fully saturated rings. The summed E-state index contributed by atoms with van der Waals surface area (Å²) in [5, 5.41) is 19.7. The van der Waals surface area contributed by atoms with Gasteiger partial charge in [-0.25, -0.2) is 0 Å². The van der Waals surface area contributed by atoms with Crippen LogP contribution in [-0.2, 0) is 16.1 Å². The van der Waals surface area contributed by atoms with Gasteiger partial charge in [-0.1, -0.05) is 6.92 Å². The van der Waals surface area contributed by atoms with Crippen molar-refractivity contribution in [2.24, 2.45) is 5.92 Å². The highest BCUT2D eigenvalue weighted by atomic mass is 16.6. The monoisotopic (exact) mass is 323 g/mol. The molecule has 23 heavy (non-hydrogen) atoms. The number of carboxylic acid groups (broad SMARTS) is 1. The lowest BCUT2D eigenvalue weighted by atomic mass is 10.1. The Hall–Kier alpha value is -2.71. The maximum Gasteiger partial charge on any atom is 0.308 e. The van der Waals surface area contributed by atoms with E-state index in [-0.39, 0.29) is 24.8 Å². The van der Waals surface area contributed by atoms with Crippen LogP contribution in [0.15, 0.2) is 23.1 Å². The number of carboxylic acids is 1. The Morgan fingerprint density at radius 1 is 1.48 bits per heavy atom. The van der Waals surface area contributed by atoms with Gasteiger partial charge in [-0.15, -0.1) is 0 Å². The Bertz CT molecular complexity index is 694. The molecule has 0 aliphatic heterocycles. The molecule has 0 saturated heterocycles. The van der Waals surface area contributed by atoms with Gasteiger partial charge in [-0.05, 0) is 12.8 Å². The van der Waals surface area contributed by atoms with Crippen LogP contribution in [0, 0.1) is 16.0 Å². The van der Waals surface area contributed by atoms with Crippen LogP contribution in [0.1, 0.15) is 19.8 Å². The van der Waals surface area contributed by atoms with Crippen LogP contribution in [0.3, 0.4) is 0 Å². The summed E-state index contributed by atoms with van der Waals surface area (Å²) in [4.78, 5) is 46.7. The fraction of sp³-hybridized carbons (Fsp3) is 0.500. The van der Waals surface area contributed by atoms with Gasteiger partial charge < -0.3 is 10.0 Å². The van der Waals surface area contributed by atoms with Crippen LogP contribution < -0.4 is 5.56 Å². The smallest absolute Gasteiger partial charge is 0.308 e. The largest absolute Gasteiger partial charge is 0.481 e. The average molecular weight is 323 g/mol. The highest BCUT2D eigenvalue weighted by Crippen LogP contribution is 2.28. The van der Waals surface area contributed by atoms with Crippen LogP contribution in [0.25, 0.3) is 0 Å². The molecule has 0 bridgehead atoms. The second-order valence-electron chi connectivity index (χ2n) is 5.63. The first kappa shape index (κ1) is 16.7. The summed E-state index contributed by atoms with van der Waals surface area (Å²) in [7, 11) is 0. The molecule has 0 aromatic carbocycles. The number of rotatable bonds is 7. The summed E-state index contributed by atoms with van der Waals surface area (Å²) in [6.07, 6.45) is 2.61. The van der Waals surface area contributed by atoms with Gasteiger partial charge in [0.05, 0.1) is 17.0 Å². The predicted octanol–water partition coefficient (Wildman–Crippen LogP) is 0.468. The number of amides is 1. The van der Waals surface area contributed by atoms with E-state index in [9.17, 15) is 24.5 Å². The number of aliphatic carboxylic acids is 1. The molecule has 1 atom stereocenters. The summed E-state index contributed by atoms with van der Waals surface area (Å²) in [5.41, 5.74) is -0.805. The first-order valence-electron chi connectivity index (χ1n) is 7.16. The van der Waals surface area contributed by atoms with Crippen molar-refractivity contribution in [2.45, 2.75) is 32.4 Å². The van der Waals surface area contributed by atoms with E-state index in [4.69, 9.17) is 5.11 Å². The molecule has 1 saturated carbocycles. The van der Waals surface area contributed by atoms with Crippen LogP contribution in [-0.4, -0.2) is 44.0 Å². The maximum atomic E-state index is 12.4. The van der Waals surface area contributed by atoms with Crippen LogP contribution in [0.2, 0.25) is 0 Å². The summed E-state index contributed by atoms with van der Waals surface area (Å²) in [6, 6.07) is 2.10. The Morgan fingerprint density at radius 2 is 2.13 bits per heavy atom. The van der Waals surface area contributed by atoms with Crippen molar-refractivity contribution in [3.63, 3.8) is 0 Å². The van der Waals surface area contributed by atoms with E-state index in [1.54, 1.807) is 0 Å². The molecule has 0 spiro atoms. The Balaban J connectivity index is 2.15. The molecule has 1 aromatic heterocycles. The average Bonchev–Trinajstić information content (AvgIpc) is 3.30. The van der Waals surface area contributed by atoms with Gasteiger partial charge in [0, 0.05) is 24.7 Å². The van der Waals surface area contributed by atoms with E-state index >= 15 is 0 Å². The number of nitrogens with zero attached hydrogens (tertiary/aromatic N) is 3. The van der Waals surface area contributed by atoms with Crippen molar-refractivity contribution < 1.29 is 19.6 Å². The zero-order valence-corrected chi connectivity index (χ0v) is 12.5. The third-order valence-electron chi connectivity index (χ3n) is 3.68. The molecule has 1 aromatic rings. The molecule has 124 valence electrons. The van der Waals surface area contributed by atoms with Gasteiger partial charge in [-0.3, -0.25) is 29.1 Å². The summed E-state index contributed by atoms with van der Waals surface area (Å²) >= 11 is 0. The SMILES string of the molecule is CC(CN(C(=O)Cn1cc([N+](=O)[O-])ccc1=O)C1CC1)C(=O)O. The van der Waals surface area contributed by atoms with Gasteiger partial charge in [-0.2, -0.15) is 0 Å². The maximum absolute atomic E-state index is 12.4. The normalized spacial score (nSPS) is 15.0. The summed E-state index contributed by atoms with van der Waals surface area (Å²) in [5.74, 6) is -2.14. The van der Waals surface area contributed by atoms with E-state index in [0.717, 1.165) is 35.7 Å². The lowest BCUT2D eigenvalue weighted by Crippen LogP contribution is -2.41. The fourth-order valence-electron chi connectivity index (χ4n) is 2.20. The van der Waals surface area contributed by atoms with Crippen molar-refractivity contribution in [2.75, 3.05) is 6.54 Å². The lowest BCUT2D eigenvalue weighted by Gasteiger charge is -2.24. The molecule has 1 aliphatic carbocycles.